The molecule has 0 bridgehead atoms. The average Bonchev–Trinajstić information content (AvgIpc) is 3.14. The Balaban J connectivity index is 1.57. The summed E-state index contributed by atoms with van der Waals surface area (Å²) in [6.45, 7) is -2.03. The molecule has 2 atom stereocenters. The summed E-state index contributed by atoms with van der Waals surface area (Å²) in [6, 6.07) is 5.31. The van der Waals surface area contributed by atoms with E-state index in [1.54, 1.807) is 0 Å². The normalized spacial score (nSPS) is 20.7. The Kier molecular flexibility index (Phi) is 4.74. The van der Waals surface area contributed by atoms with Crippen molar-refractivity contribution in [3.63, 3.8) is 0 Å². The van der Waals surface area contributed by atoms with Crippen molar-refractivity contribution in [1.29, 1.82) is 0 Å². The fourth-order valence-electron chi connectivity index (χ4n) is 3.59. The second-order valence-corrected chi connectivity index (χ2v) is 7.81. The van der Waals surface area contributed by atoms with Crippen LogP contribution in [0.25, 0.3) is 0 Å². The van der Waals surface area contributed by atoms with Crippen LogP contribution in [0.5, 0.6) is 0 Å². The largest absolute Gasteiger partial charge is 0.349 e. The number of alkyl halides is 2. The summed E-state index contributed by atoms with van der Waals surface area (Å²) < 4.78 is 53.7. The van der Waals surface area contributed by atoms with Crippen molar-refractivity contribution in [3.8, 4) is 0 Å². The summed E-state index contributed by atoms with van der Waals surface area (Å²) >= 11 is 5.69. The van der Waals surface area contributed by atoms with Crippen LogP contribution in [0.2, 0.25) is 6.43 Å². The molecule has 2 N–H and O–H groups in total. The van der Waals surface area contributed by atoms with Crippen LogP contribution in [0.4, 0.5) is 8.78 Å². The number of carbonyl (C=O) groups excluding carboxylic acids is 4. The number of halogens is 3. The third-order valence-corrected chi connectivity index (χ3v) is 5.51. The van der Waals surface area contributed by atoms with E-state index in [2.05, 4.69) is 5.32 Å². The van der Waals surface area contributed by atoms with Gasteiger partial charge in [-0.3, -0.25) is 24.5 Å². The Labute approximate surface area is 191 Å². The van der Waals surface area contributed by atoms with Gasteiger partial charge in [0.05, 0.1) is 2.74 Å². The molecule has 0 saturated carbocycles. The molecule has 2 unspecified atom stereocenters. The third kappa shape index (κ3) is 4.08. The van der Waals surface area contributed by atoms with Gasteiger partial charge in [0.15, 0.2) is 1.41 Å². The highest BCUT2D eigenvalue weighted by atomic mass is 35.5. The number of piperidine rings is 1. The lowest BCUT2D eigenvalue weighted by Gasteiger charge is -2.29. The van der Waals surface area contributed by atoms with E-state index in [4.69, 9.17) is 15.8 Å². The Morgan fingerprint density at radius 2 is 2.03 bits per heavy atom. The second-order valence-electron chi connectivity index (χ2n) is 7.38. The summed E-state index contributed by atoms with van der Waals surface area (Å²) in [7, 11) is 0. The van der Waals surface area contributed by atoms with Crippen molar-refractivity contribution in [2.45, 2.75) is 37.9 Å². The Morgan fingerprint density at radius 1 is 1.31 bits per heavy atom. The Bertz CT molecular complexity index is 1250. The summed E-state index contributed by atoms with van der Waals surface area (Å²) in [5.74, 6) is -7.76. The number of benzene rings is 2. The van der Waals surface area contributed by atoms with Crippen LogP contribution < -0.4 is 10.6 Å². The van der Waals surface area contributed by atoms with Crippen LogP contribution in [0, 0.1) is 0 Å². The molecule has 32 heavy (non-hydrogen) atoms. The van der Waals surface area contributed by atoms with Gasteiger partial charge in [-0.25, -0.2) is 0 Å². The monoisotopic (exact) mass is 464 g/mol. The van der Waals surface area contributed by atoms with Crippen molar-refractivity contribution in [2.24, 2.45) is 0 Å². The van der Waals surface area contributed by atoms with Gasteiger partial charge in [0.1, 0.15) is 6.04 Å². The van der Waals surface area contributed by atoms with Crippen LogP contribution in [-0.4, -0.2) is 34.6 Å². The van der Waals surface area contributed by atoms with E-state index < -0.39 is 47.7 Å². The highest BCUT2D eigenvalue weighted by molar-refractivity contribution is 6.30. The van der Waals surface area contributed by atoms with Gasteiger partial charge in [0.2, 0.25) is 11.8 Å². The molecule has 4 rings (SSSR count). The minimum absolute atomic E-state index is 0.0278. The molecule has 1 saturated heterocycles. The summed E-state index contributed by atoms with van der Waals surface area (Å²) in [5.41, 5.74) is -0.594. The summed E-state index contributed by atoms with van der Waals surface area (Å²) in [4.78, 5) is 50.1. The first-order valence-electron chi connectivity index (χ1n) is 11.1. The Hall–Kier alpha value is -3.33. The lowest BCUT2D eigenvalue weighted by Crippen LogP contribution is -2.52. The van der Waals surface area contributed by atoms with Crippen molar-refractivity contribution >= 4 is 35.2 Å². The van der Waals surface area contributed by atoms with Gasteiger partial charge in [0.25, 0.3) is 11.8 Å². The third-order valence-electron chi connectivity index (χ3n) is 5.25. The molecule has 4 amide bonds. The number of hydrogen-bond donors (Lipinski definition) is 2. The van der Waals surface area contributed by atoms with E-state index in [1.165, 1.54) is 23.1 Å². The maximum Gasteiger partial charge on any atom is 0.349 e. The molecule has 10 heteroatoms. The minimum Gasteiger partial charge on any atom is -0.346 e. The lowest BCUT2D eigenvalue weighted by molar-refractivity contribution is -0.147. The lowest BCUT2D eigenvalue weighted by atomic mass is 10.0. The Morgan fingerprint density at radius 3 is 2.72 bits per heavy atom. The molecular weight excluding hydrogens is 444 g/mol. The average molecular weight is 465 g/mol. The maximum absolute atomic E-state index is 14.7. The van der Waals surface area contributed by atoms with E-state index in [9.17, 15) is 28.0 Å². The highest BCUT2D eigenvalue weighted by Gasteiger charge is 2.41. The SMILES string of the molecule is [2H]c1cc(C([2H])N([2H])C(=O)C(F)(F)c2ccc(Cl)cc2)cc2c1C(=O)N(C1CCC(=O)NC1=O)C2. The number of fused-ring (bicyclic) bond motifs is 1. The molecule has 7 nitrogen and oxygen atoms in total. The molecule has 2 aliphatic heterocycles. The van der Waals surface area contributed by atoms with Crippen LogP contribution in [0.1, 0.15) is 42.6 Å². The fourth-order valence-corrected chi connectivity index (χ4v) is 3.71. The first-order valence-corrected chi connectivity index (χ1v) is 9.96. The standard InChI is InChI=1S/C22H18ClF2N3O4/c23-15-4-2-14(3-5-15)22(24,25)21(32)26-10-12-1-6-16-13(9-12)11-28(20(16)31)17-7-8-18(29)27-19(17)30/h1-6,9,17H,7-8,10-11H2,(H,26,32)(H,27,29,30)/i6D,10D/hD. The molecule has 0 spiro atoms. The predicted octanol–water partition coefficient (Wildman–Crippen LogP) is 2.51. The van der Waals surface area contributed by atoms with Gasteiger partial charge in [-0.15, -0.1) is 0 Å². The van der Waals surface area contributed by atoms with Crippen molar-refractivity contribution < 1.29 is 32.1 Å². The van der Waals surface area contributed by atoms with Crippen LogP contribution >= 0.6 is 11.6 Å². The highest BCUT2D eigenvalue weighted by Crippen LogP contribution is 2.30. The van der Waals surface area contributed by atoms with E-state index >= 15 is 0 Å². The van der Waals surface area contributed by atoms with E-state index in [0.29, 0.717) is 0 Å². The van der Waals surface area contributed by atoms with Gasteiger partial charge in [-0.05, 0) is 35.7 Å². The molecule has 0 aromatic heterocycles. The van der Waals surface area contributed by atoms with E-state index in [1.807, 2.05) is 0 Å². The van der Waals surface area contributed by atoms with E-state index in [0.717, 1.165) is 18.2 Å². The number of imide groups is 1. The zero-order valence-electron chi connectivity index (χ0n) is 19.4. The van der Waals surface area contributed by atoms with Gasteiger partial charge < -0.3 is 10.2 Å². The molecule has 2 aliphatic rings. The van der Waals surface area contributed by atoms with Crippen molar-refractivity contribution in [3.05, 3.63) is 69.7 Å². The first-order chi connectivity index (χ1) is 16.4. The summed E-state index contributed by atoms with van der Waals surface area (Å²) in [6.07, 6.45) is 0.155. The predicted molar refractivity (Wildman–Crippen MR) is 110 cm³/mol. The number of hydrogen-bond acceptors (Lipinski definition) is 4. The number of rotatable bonds is 5. The second kappa shape index (κ2) is 8.31. The smallest absolute Gasteiger partial charge is 0.346 e. The molecular formula is C22H18ClF2N3O4. The molecule has 0 radical (unpaired) electrons. The van der Waals surface area contributed by atoms with Crippen LogP contribution in [-0.2, 0) is 33.4 Å². The van der Waals surface area contributed by atoms with Gasteiger partial charge >= 0.3 is 5.92 Å². The van der Waals surface area contributed by atoms with E-state index in [-0.39, 0.29) is 52.5 Å². The van der Waals surface area contributed by atoms with Crippen molar-refractivity contribution in [2.75, 3.05) is 0 Å². The fraction of sp³-hybridized carbons (Fsp3) is 0.273. The number of nitrogens with zero attached hydrogens (tertiary/aromatic N) is 1. The molecule has 2 heterocycles. The topological polar surface area (TPSA) is 95.6 Å². The van der Waals surface area contributed by atoms with Crippen LogP contribution in [0.15, 0.2) is 42.4 Å². The zero-order chi connectivity index (χ0) is 25.7. The van der Waals surface area contributed by atoms with Gasteiger partial charge in [-0.1, -0.05) is 35.9 Å². The number of nitrogens with one attached hydrogen (secondary N) is 2. The number of amides is 4. The maximum atomic E-state index is 14.7. The van der Waals surface area contributed by atoms with Gasteiger partial charge in [0, 0.05) is 35.6 Å². The van der Waals surface area contributed by atoms with Crippen molar-refractivity contribution in [1.82, 2.24) is 15.5 Å². The quantitative estimate of drug-likeness (QED) is 0.665. The molecule has 2 aromatic rings. The minimum atomic E-state index is -4.11. The zero-order valence-corrected chi connectivity index (χ0v) is 17.2. The first kappa shape index (κ1) is 18.3. The van der Waals surface area contributed by atoms with Gasteiger partial charge in [-0.2, -0.15) is 8.78 Å². The molecule has 166 valence electrons. The molecule has 0 aliphatic carbocycles. The number of carbonyl (C=O) groups is 4. The summed E-state index contributed by atoms with van der Waals surface area (Å²) in [5, 5.41) is 2.15. The van der Waals surface area contributed by atoms with Crippen LogP contribution in [0.3, 0.4) is 0 Å². The molecule has 1 fully saturated rings. The molecule has 2 aromatic carbocycles.